The highest BCUT2D eigenvalue weighted by Gasteiger charge is 2.24. The monoisotopic (exact) mass is 322 g/mol. The van der Waals surface area contributed by atoms with Gasteiger partial charge in [0.05, 0.1) is 11.5 Å². The molecular formula is C20H18O4. The molecule has 1 aliphatic rings. The summed E-state index contributed by atoms with van der Waals surface area (Å²) in [4.78, 5) is 24.6. The van der Waals surface area contributed by atoms with Crippen LogP contribution in [0.2, 0.25) is 0 Å². The molecule has 1 atom stereocenters. The van der Waals surface area contributed by atoms with Crippen molar-refractivity contribution in [3.63, 3.8) is 0 Å². The van der Waals surface area contributed by atoms with Crippen LogP contribution in [-0.2, 0) is 16.0 Å². The van der Waals surface area contributed by atoms with Gasteiger partial charge in [0.2, 0.25) is 0 Å². The minimum atomic E-state index is -0.464. The van der Waals surface area contributed by atoms with Gasteiger partial charge in [-0.1, -0.05) is 36.9 Å². The average molecular weight is 322 g/mol. The van der Waals surface area contributed by atoms with Crippen molar-refractivity contribution in [2.75, 3.05) is 6.61 Å². The summed E-state index contributed by atoms with van der Waals surface area (Å²) in [5.74, 6) is 0.369. The summed E-state index contributed by atoms with van der Waals surface area (Å²) in [7, 11) is 0. The second kappa shape index (κ2) is 6.71. The van der Waals surface area contributed by atoms with Crippen LogP contribution in [0.3, 0.4) is 0 Å². The van der Waals surface area contributed by atoms with Crippen LogP contribution in [0, 0.1) is 0 Å². The number of rotatable bonds is 4. The van der Waals surface area contributed by atoms with Gasteiger partial charge in [-0.15, -0.1) is 0 Å². The molecule has 0 aliphatic carbocycles. The van der Waals surface area contributed by atoms with E-state index in [-0.39, 0.29) is 24.8 Å². The maximum atomic E-state index is 12.6. The molecule has 0 saturated carbocycles. The molecule has 0 radical (unpaired) electrons. The van der Waals surface area contributed by atoms with E-state index in [2.05, 4.69) is 6.58 Å². The van der Waals surface area contributed by atoms with Crippen molar-refractivity contribution >= 4 is 11.8 Å². The number of fused-ring (bicyclic) bond motifs is 2. The average Bonchev–Trinajstić information content (AvgIpc) is 2.74. The van der Waals surface area contributed by atoms with E-state index in [0.717, 1.165) is 11.1 Å². The van der Waals surface area contributed by atoms with Crippen LogP contribution in [0.15, 0.2) is 55.1 Å². The summed E-state index contributed by atoms with van der Waals surface area (Å²) in [5, 5.41) is 0. The maximum absolute atomic E-state index is 12.6. The zero-order valence-corrected chi connectivity index (χ0v) is 13.5. The molecule has 2 aromatic rings. The van der Waals surface area contributed by atoms with Crippen LogP contribution in [0.25, 0.3) is 0 Å². The number of carbonyl (C=O) groups excluding carboxylic acids is 2. The van der Waals surface area contributed by atoms with Gasteiger partial charge in [0.25, 0.3) is 0 Å². The molecule has 24 heavy (non-hydrogen) atoms. The molecule has 2 aromatic carbocycles. The summed E-state index contributed by atoms with van der Waals surface area (Å²) in [6.07, 6.45) is 1.80. The van der Waals surface area contributed by atoms with Gasteiger partial charge in [0.15, 0.2) is 5.78 Å². The lowest BCUT2D eigenvalue weighted by Crippen LogP contribution is -2.14. The first kappa shape index (κ1) is 16.0. The molecule has 4 heteroatoms. The number of esters is 1. The van der Waals surface area contributed by atoms with Crippen LogP contribution < -0.4 is 4.74 Å². The van der Waals surface area contributed by atoms with E-state index in [4.69, 9.17) is 9.47 Å². The summed E-state index contributed by atoms with van der Waals surface area (Å²) in [5.41, 5.74) is 2.08. The van der Waals surface area contributed by atoms with Crippen molar-refractivity contribution in [2.45, 2.75) is 19.3 Å². The molecule has 0 bridgehead atoms. The molecule has 0 N–H and O–H groups in total. The Morgan fingerprint density at radius 1 is 1.29 bits per heavy atom. The van der Waals surface area contributed by atoms with E-state index < -0.39 is 5.92 Å². The topological polar surface area (TPSA) is 52.6 Å². The quantitative estimate of drug-likeness (QED) is 0.629. The lowest BCUT2D eigenvalue weighted by molar-refractivity contribution is -0.143. The highest BCUT2D eigenvalue weighted by molar-refractivity contribution is 6.01. The highest BCUT2D eigenvalue weighted by Crippen LogP contribution is 2.35. The number of benzene rings is 2. The molecule has 1 unspecified atom stereocenters. The number of carbonyl (C=O) groups is 2. The first-order chi connectivity index (χ1) is 11.6. The van der Waals surface area contributed by atoms with Gasteiger partial charge in [0, 0.05) is 12.0 Å². The van der Waals surface area contributed by atoms with Gasteiger partial charge >= 0.3 is 5.97 Å². The number of Topliss-reactive ketones (excluding diaryl/α,β-unsaturated/α-hetero) is 1. The molecule has 0 saturated heterocycles. The van der Waals surface area contributed by atoms with E-state index in [1.165, 1.54) is 6.08 Å². The molecule has 0 fully saturated rings. The fourth-order valence-electron chi connectivity index (χ4n) is 2.66. The maximum Gasteiger partial charge on any atom is 0.313 e. The Morgan fingerprint density at radius 2 is 2.08 bits per heavy atom. The molecule has 4 nitrogen and oxygen atoms in total. The van der Waals surface area contributed by atoms with Gasteiger partial charge in [0.1, 0.15) is 18.1 Å². The molecule has 122 valence electrons. The molecule has 1 heterocycles. The summed E-state index contributed by atoms with van der Waals surface area (Å²) < 4.78 is 11.0. The number of ether oxygens (including phenoxy) is 2. The van der Waals surface area contributed by atoms with Crippen LogP contribution in [0.5, 0.6) is 11.5 Å². The molecule has 0 aromatic heterocycles. The second-order valence-corrected chi connectivity index (χ2v) is 5.71. The number of hydrogen-bond donors (Lipinski definition) is 0. The van der Waals surface area contributed by atoms with E-state index in [1.807, 2.05) is 24.3 Å². The van der Waals surface area contributed by atoms with Crippen LogP contribution in [0.4, 0.5) is 0 Å². The number of para-hydroxylation sites is 1. The fraction of sp³-hybridized carbons (Fsp3) is 0.200. The lowest BCUT2D eigenvalue weighted by Gasteiger charge is -2.13. The Labute approximate surface area is 140 Å². The van der Waals surface area contributed by atoms with Crippen LogP contribution >= 0.6 is 0 Å². The minimum absolute atomic E-state index is 0.0246. The Morgan fingerprint density at radius 3 is 2.88 bits per heavy atom. The largest absolute Gasteiger partial charge is 0.461 e. The van der Waals surface area contributed by atoms with Gasteiger partial charge in [-0.25, -0.2) is 0 Å². The van der Waals surface area contributed by atoms with Gasteiger partial charge in [-0.05, 0) is 30.7 Å². The highest BCUT2D eigenvalue weighted by atomic mass is 16.5. The predicted octanol–water partition coefficient (Wildman–Crippen LogP) is 4.05. The third-order valence-electron chi connectivity index (χ3n) is 4.04. The first-order valence-electron chi connectivity index (χ1n) is 7.80. The third-order valence-corrected chi connectivity index (χ3v) is 4.04. The Hall–Kier alpha value is -2.88. The second-order valence-electron chi connectivity index (χ2n) is 5.71. The fourth-order valence-corrected chi connectivity index (χ4v) is 2.66. The van der Waals surface area contributed by atoms with E-state index >= 15 is 0 Å². The zero-order chi connectivity index (χ0) is 17.1. The third kappa shape index (κ3) is 3.08. The van der Waals surface area contributed by atoms with Crippen molar-refractivity contribution in [1.29, 1.82) is 0 Å². The molecule has 0 spiro atoms. The SMILES string of the molecule is C=CCOC(=O)C(C)c1ccc2c(c1)C(=O)Cc1ccccc1O2. The summed E-state index contributed by atoms with van der Waals surface area (Å²) in [6.45, 7) is 5.45. The molecule has 1 aliphatic heterocycles. The van der Waals surface area contributed by atoms with E-state index in [9.17, 15) is 9.59 Å². The molecule has 0 amide bonds. The Balaban J connectivity index is 1.91. The predicted molar refractivity (Wildman–Crippen MR) is 90.6 cm³/mol. The Bertz CT molecular complexity index is 807. The normalized spacial score (nSPS) is 13.8. The summed E-state index contributed by atoms with van der Waals surface area (Å²) in [6, 6.07) is 12.7. The van der Waals surface area contributed by atoms with Gasteiger partial charge < -0.3 is 9.47 Å². The first-order valence-corrected chi connectivity index (χ1v) is 7.80. The smallest absolute Gasteiger partial charge is 0.313 e. The number of hydrogen-bond acceptors (Lipinski definition) is 4. The van der Waals surface area contributed by atoms with Gasteiger partial charge in [-0.2, -0.15) is 0 Å². The van der Waals surface area contributed by atoms with Crippen LogP contribution in [0.1, 0.15) is 34.3 Å². The van der Waals surface area contributed by atoms with Crippen molar-refractivity contribution in [3.05, 3.63) is 71.8 Å². The van der Waals surface area contributed by atoms with E-state index in [0.29, 0.717) is 17.1 Å². The van der Waals surface area contributed by atoms with Crippen molar-refractivity contribution in [3.8, 4) is 11.5 Å². The Kier molecular flexibility index (Phi) is 4.47. The lowest BCUT2D eigenvalue weighted by atomic mass is 9.95. The number of ketones is 1. The molecule has 3 rings (SSSR count). The van der Waals surface area contributed by atoms with Crippen LogP contribution in [-0.4, -0.2) is 18.4 Å². The van der Waals surface area contributed by atoms with Crippen molar-refractivity contribution < 1.29 is 19.1 Å². The van der Waals surface area contributed by atoms with E-state index in [1.54, 1.807) is 25.1 Å². The van der Waals surface area contributed by atoms with Crippen molar-refractivity contribution in [1.82, 2.24) is 0 Å². The zero-order valence-electron chi connectivity index (χ0n) is 13.5. The minimum Gasteiger partial charge on any atom is -0.461 e. The van der Waals surface area contributed by atoms with Gasteiger partial charge in [-0.3, -0.25) is 9.59 Å². The van der Waals surface area contributed by atoms with Crippen molar-refractivity contribution in [2.24, 2.45) is 0 Å². The summed E-state index contributed by atoms with van der Waals surface area (Å²) >= 11 is 0. The molecular weight excluding hydrogens is 304 g/mol. The standard InChI is InChI=1S/C20H18O4/c1-3-10-23-20(22)13(2)14-8-9-19-16(11-14)17(21)12-15-6-4-5-7-18(15)24-19/h3-9,11,13H,1,10,12H2,2H3.